The van der Waals surface area contributed by atoms with Gasteiger partial charge in [0.25, 0.3) is 0 Å². The Bertz CT molecular complexity index is 290. The largest absolute Gasteiger partial charge is 0.356 e. The third-order valence-corrected chi connectivity index (χ3v) is 2.09. The molecule has 1 aliphatic rings. The lowest BCUT2D eigenvalue weighted by Gasteiger charge is -2.06. The van der Waals surface area contributed by atoms with E-state index < -0.39 is 0 Å². The lowest BCUT2D eigenvalue weighted by Crippen LogP contribution is -2.34. The van der Waals surface area contributed by atoms with Gasteiger partial charge in [0, 0.05) is 32.0 Å². The second-order valence-electron chi connectivity index (χ2n) is 3.21. The van der Waals surface area contributed by atoms with Gasteiger partial charge in [0.2, 0.25) is 0 Å². The number of hydrogen-bond donors (Lipinski definition) is 2. The molecule has 0 saturated heterocycles. The Morgan fingerprint density at radius 3 is 3.29 bits per heavy atom. The number of aliphatic imine (C=N–C) groups is 1. The summed E-state index contributed by atoms with van der Waals surface area (Å²) < 4.78 is 1.94. The molecule has 1 aromatic heterocycles. The standard InChI is InChI=1S/C9H15N5/c1(7-14-8-2-4-13-14)3-10-9-11-5-6-12-9/h2,4,8H,1,3,5-7H2,(H2,10,11,12). The number of nitrogens with zero attached hydrogens (tertiary/aromatic N) is 3. The van der Waals surface area contributed by atoms with E-state index in [0.29, 0.717) is 0 Å². The van der Waals surface area contributed by atoms with Crippen LogP contribution in [0.15, 0.2) is 23.5 Å². The Balaban J connectivity index is 1.59. The van der Waals surface area contributed by atoms with Crippen molar-refractivity contribution in [3.05, 3.63) is 18.5 Å². The molecule has 1 aliphatic heterocycles. The number of aromatic nitrogens is 2. The van der Waals surface area contributed by atoms with Gasteiger partial charge in [-0.1, -0.05) is 0 Å². The molecule has 76 valence electrons. The normalized spacial score (nSPS) is 15.0. The van der Waals surface area contributed by atoms with Gasteiger partial charge < -0.3 is 10.6 Å². The molecule has 1 aromatic rings. The van der Waals surface area contributed by atoms with Crippen LogP contribution in [0.4, 0.5) is 0 Å². The van der Waals surface area contributed by atoms with Gasteiger partial charge in [-0.05, 0) is 12.5 Å². The number of rotatable bonds is 4. The van der Waals surface area contributed by atoms with Crippen LogP contribution >= 0.6 is 0 Å². The number of hydrogen-bond acceptors (Lipinski definition) is 4. The molecule has 0 aromatic carbocycles. The maximum absolute atomic E-state index is 4.24. The van der Waals surface area contributed by atoms with Gasteiger partial charge in [0.15, 0.2) is 5.96 Å². The highest BCUT2D eigenvalue weighted by atomic mass is 15.3. The molecular weight excluding hydrogens is 178 g/mol. The molecule has 0 unspecified atom stereocenters. The summed E-state index contributed by atoms with van der Waals surface area (Å²) in [6.45, 7) is 3.74. The summed E-state index contributed by atoms with van der Waals surface area (Å²) in [5.74, 6) is 0.936. The molecule has 5 nitrogen and oxygen atoms in total. The number of nitrogens with one attached hydrogen (secondary N) is 2. The van der Waals surface area contributed by atoms with Gasteiger partial charge in [-0.3, -0.25) is 9.67 Å². The lowest BCUT2D eigenvalue weighted by molar-refractivity contribution is 0.571. The average molecular weight is 193 g/mol. The Morgan fingerprint density at radius 2 is 2.57 bits per heavy atom. The van der Waals surface area contributed by atoms with E-state index in [2.05, 4.69) is 20.7 Å². The van der Waals surface area contributed by atoms with Gasteiger partial charge in [-0.2, -0.15) is 5.10 Å². The first-order valence-electron chi connectivity index (χ1n) is 4.95. The smallest absolute Gasteiger partial charge is 0.191 e. The van der Waals surface area contributed by atoms with Gasteiger partial charge in [-0.25, -0.2) is 0 Å². The summed E-state index contributed by atoms with van der Waals surface area (Å²) in [7, 11) is 0. The zero-order valence-electron chi connectivity index (χ0n) is 8.11. The van der Waals surface area contributed by atoms with E-state index in [0.717, 1.165) is 38.6 Å². The van der Waals surface area contributed by atoms with Gasteiger partial charge in [0.1, 0.15) is 0 Å². The quantitative estimate of drug-likeness (QED) is 0.652. The van der Waals surface area contributed by atoms with Gasteiger partial charge >= 0.3 is 0 Å². The predicted octanol–water partition coefficient (Wildman–Crippen LogP) is -0.178. The van der Waals surface area contributed by atoms with E-state index in [1.165, 1.54) is 0 Å². The molecule has 5 heteroatoms. The fraction of sp³-hybridized carbons (Fsp3) is 0.556. The summed E-state index contributed by atoms with van der Waals surface area (Å²) in [4.78, 5) is 4.24. The van der Waals surface area contributed by atoms with Gasteiger partial charge in [-0.15, -0.1) is 0 Å². The first-order chi connectivity index (χ1) is 6.95. The van der Waals surface area contributed by atoms with Crippen LogP contribution in [0.3, 0.4) is 0 Å². The van der Waals surface area contributed by atoms with Crippen molar-refractivity contribution in [1.29, 1.82) is 0 Å². The van der Waals surface area contributed by atoms with Crippen molar-refractivity contribution in [3.63, 3.8) is 0 Å². The van der Waals surface area contributed by atoms with E-state index in [-0.39, 0.29) is 0 Å². The monoisotopic (exact) mass is 193 g/mol. The maximum Gasteiger partial charge on any atom is 0.191 e. The van der Waals surface area contributed by atoms with Crippen LogP contribution in [0, 0.1) is 0 Å². The van der Waals surface area contributed by atoms with Crippen molar-refractivity contribution in [3.8, 4) is 0 Å². The summed E-state index contributed by atoms with van der Waals surface area (Å²) in [5, 5.41) is 10.5. The second kappa shape index (κ2) is 4.64. The molecule has 2 N–H and O–H groups in total. The molecule has 0 bridgehead atoms. The van der Waals surface area contributed by atoms with Crippen molar-refractivity contribution < 1.29 is 0 Å². The highest BCUT2D eigenvalue weighted by Crippen LogP contribution is 1.88. The third kappa shape index (κ3) is 2.48. The van der Waals surface area contributed by atoms with Crippen LogP contribution in [0.25, 0.3) is 0 Å². The van der Waals surface area contributed by atoms with Crippen molar-refractivity contribution in [1.82, 2.24) is 20.4 Å². The number of guanidine groups is 1. The zero-order valence-corrected chi connectivity index (χ0v) is 8.11. The fourth-order valence-electron chi connectivity index (χ4n) is 1.40. The molecule has 2 heterocycles. The molecule has 0 amide bonds. The van der Waals surface area contributed by atoms with Crippen molar-refractivity contribution in [2.75, 3.05) is 19.6 Å². The Kier molecular flexibility index (Phi) is 3.00. The van der Waals surface area contributed by atoms with Crippen molar-refractivity contribution in [2.24, 2.45) is 4.99 Å². The van der Waals surface area contributed by atoms with Crippen LogP contribution in [0.1, 0.15) is 6.42 Å². The SMILES string of the molecule is c1cnn(CCCNC2=NCCN2)c1. The minimum absolute atomic E-state index is 0.890. The summed E-state index contributed by atoms with van der Waals surface area (Å²) in [6, 6.07) is 1.94. The van der Waals surface area contributed by atoms with E-state index in [4.69, 9.17) is 0 Å². The minimum Gasteiger partial charge on any atom is -0.356 e. The molecule has 0 fully saturated rings. The predicted molar refractivity (Wildman–Crippen MR) is 55.2 cm³/mol. The molecule has 0 radical (unpaired) electrons. The Hall–Kier alpha value is -1.52. The molecule has 14 heavy (non-hydrogen) atoms. The third-order valence-electron chi connectivity index (χ3n) is 2.09. The van der Waals surface area contributed by atoms with Crippen LogP contribution in [-0.4, -0.2) is 35.4 Å². The molecule has 0 atom stereocenters. The Morgan fingerprint density at radius 1 is 1.57 bits per heavy atom. The first kappa shape index (κ1) is 9.05. The van der Waals surface area contributed by atoms with Crippen LogP contribution in [-0.2, 0) is 6.54 Å². The minimum atomic E-state index is 0.890. The molecule has 0 spiro atoms. The van der Waals surface area contributed by atoms with E-state index in [1.54, 1.807) is 6.20 Å². The lowest BCUT2D eigenvalue weighted by atomic mass is 10.4. The molecule has 2 rings (SSSR count). The molecule has 0 aliphatic carbocycles. The van der Waals surface area contributed by atoms with E-state index in [9.17, 15) is 0 Å². The van der Waals surface area contributed by atoms with Crippen molar-refractivity contribution >= 4 is 5.96 Å². The number of aryl methyl sites for hydroxylation is 1. The van der Waals surface area contributed by atoms with E-state index >= 15 is 0 Å². The topological polar surface area (TPSA) is 54.2 Å². The first-order valence-corrected chi connectivity index (χ1v) is 4.95. The van der Waals surface area contributed by atoms with E-state index in [1.807, 2.05) is 16.9 Å². The fourth-order valence-corrected chi connectivity index (χ4v) is 1.40. The highest BCUT2D eigenvalue weighted by molar-refractivity contribution is 5.81. The Labute approximate surface area is 83.2 Å². The molecule has 0 saturated carbocycles. The molecular formula is C9H15N5. The maximum atomic E-state index is 4.24. The summed E-state index contributed by atoms with van der Waals surface area (Å²) in [5.41, 5.74) is 0. The zero-order chi connectivity index (χ0) is 9.64. The van der Waals surface area contributed by atoms with Crippen LogP contribution in [0.5, 0.6) is 0 Å². The van der Waals surface area contributed by atoms with Gasteiger partial charge in [0.05, 0.1) is 6.54 Å². The van der Waals surface area contributed by atoms with Crippen LogP contribution < -0.4 is 10.6 Å². The summed E-state index contributed by atoms with van der Waals surface area (Å²) >= 11 is 0. The average Bonchev–Trinajstić information content (AvgIpc) is 2.86. The van der Waals surface area contributed by atoms with Crippen LogP contribution in [0.2, 0.25) is 0 Å². The summed E-state index contributed by atoms with van der Waals surface area (Å²) in [6.07, 6.45) is 4.84. The second-order valence-corrected chi connectivity index (χ2v) is 3.21. The highest BCUT2D eigenvalue weighted by Gasteiger charge is 2.02. The van der Waals surface area contributed by atoms with Crippen molar-refractivity contribution in [2.45, 2.75) is 13.0 Å².